The molecule has 0 radical (unpaired) electrons. The Bertz CT molecular complexity index is 134. The molecule has 1 aliphatic heterocycles. The third-order valence-electron chi connectivity index (χ3n) is 2.17. The van der Waals surface area contributed by atoms with E-state index in [4.69, 9.17) is 4.74 Å². The summed E-state index contributed by atoms with van der Waals surface area (Å²) in [6.45, 7) is 7.92. The first-order valence-electron chi connectivity index (χ1n) is 4.33. The zero-order valence-electron chi connectivity index (χ0n) is 7.67. The third-order valence-corrected chi connectivity index (χ3v) is 2.17. The quantitative estimate of drug-likeness (QED) is 0.577. The summed E-state index contributed by atoms with van der Waals surface area (Å²) in [6, 6.07) is 0. The molecule has 0 spiro atoms. The van der Waals surface area contributed by atoms with Crippen LogP contribution in [0.5, 0.6) is 0 Å². The summed E-state index contributed by atoms with van der Waals surface area (Å²) < 4.78 is 18.4. The largest absolute Gasteiger partial charge is 0.366 e. The van der Waals surface area contributed by atoms with E-state index in [1.165, 1.54) is 0 Å². The highest BCUT2D eigenvalue weighted by Crippen LogP contribution is 2.35. The summed E-state index contributed by atoms with van der Waals surface area (Å²) in [7, 11) is 0. The van der Waals surface area contributed by atoms with Crippen LogP contribution in [0.2, 0.25) is 0 Å². The standard InChI is InChI=1S/C9H17FO/c1-5(2)7(10)9-8(11-9)6(3)4/h5-9H,1-4H3/t7-,8+,9-/m1/s1. The minimum atomic E-state index is -0.776. The Balaban J connectivity index is 2.31. The summed E-state index contributed by atoms with van der Waals surface area (Å²) in [6.07, 6.45) is -0.718. The van der Waals surface area contributed by atoms with E-state index >= 15 is 0 Å². The molecule has 1 fully saturated rings. The molecule has 0 aliphatic carbocycles. The van der Waals surface area contributed by atoms with Crippen LogP contribution < -0.4 is 0 Å². The van der Waals surface area contributed by atoms with Crippen LogP contribution in [-0.4, -0.2) is 18.4 Å². The number of epoxide rings is 1. The van der Waals surface area contributed by atoms with Gasteiger partial charge in [-0.3, -0.25) is 0 Å². The van der Waals surface area contributed by atoms with Crippen LogP contribution in [0.4, 0.5) is 4.39 Å². The maximum Gasteiger partial charge on any atom is 0.131 e. The van der Waals surface area contributed by atoms with E-state index < -0.39 is 6.17 Å². The molecular formula is C9H17FO. The zero-order chi connectivity index (χ0) is 8.59. The lowest BCUT2D eigenvalue weighted by molar-refractivity contribution is 0.194. The van der Waals surface area contributed by atoms with E-state index in [0.717, 1.165) is 0 Å². The fourth-order valence-corrected chi connectivity index (χ4v) is 1.31. The van der Waals surface area contributed by atoms with Gasteiger partial charge in [-0.05, 0) is 11.8 Å². The minimum absolute atomic E-state index is 0.0868. The number of hydrogen-bond donors (Lipinski definition) is 0. The highest BCUT2D eigenvalue weighted by Gasteiger charge is 2.47. The molecule has 1 aliphatic rings. The molecule has 0 aromatic carbocycles. The molecule has 0 saturated carbocycles. The molecule has 3 atom stereocenters. The molecule has 0 bridgehead atoms. The average molecular weight is 160 g/mol. The van der Waals surface area contributed by atoms with Gasteiger partial charge in [0.25, 0.3) is 0 Å². The predicted octanol–water partition coefficient (Wildman–Crippen LogP) is 2.40. The summed E-state index contributed by atoms with van der Waals surface area (Å²) in [5, 5.41) is 0. The molecule has 1 saturated heterocycles. The van der Waals surface area contributed by atoms with Crippen molar-refractivity contribution < 1.29 is 9.13 Å². The molecule has 0 unspecified atom stereocenters. The van der Waals surface area contributed by atoms with Crippen molar-refractivity contribution >= 4 is 0 Å². The fraction of sp³-hybridized carbons (Fsp3) is 1.00. The predicted molar refractivity (Wildman–Crippen MR) is 43.2 cm³/mol. The number of halogens is 1. The summed E-state index contributed by atoms with van der Waals surface area (Å²) in [5.74, 6) is 0.542. The summed E-state index contributed by atoms with van der Waals surface area (Å²) in [5.41, 5.74) is 0. The lowest BCUT2D eigenvalue weighted by atomic mass is 9.99. The molecule has 2 heteroatoms. The van der Waals surface area contributed by atoms with Crippen LogP contribution >= 0.6 is 0 Å². The van der Waals surface area contributed by atoms with Crippen LogP contribution in [0, 0.1) is 11.8 Å². The number of hydrogen-bond acceptors (Lipinski definition) is 1. The molecule has 0 N–H and O–H groups in total. The number of rotatable bonds is 3. The summed E-state index contributed by atoms with van der Waals surface area (Å²) >= 11 is 0. The van der Waals surface area contributed by atoms with Gasteiger partial charge in [-0.25, -0.2) is 4.39 Å². The molecule has 1 heterocycles. The molecular weight excluding hydrogens is 143 g/mol. The van der Waals surface area contributed by atoms with Gasteiger partial charge in [-0.15, -0.1) is 0 Å². The van der Waals surface area contributed by atoms with Crippen molar-refractivity contribution in [3.63, 3.8) is 0 Å². The Hall–Kier alpha value is -0.110. The highest BCUT2D eigenvalue weighted by atomic mass is 19.1. The topological polar surface area (TPSA) is 12.5 Å². The van der Waals surface area contributed by atoms with Crippen molar-refractivity contribution in [2.24, 2.45) is 11.8 Å². The van der Waals surface area contributed by atoms with Gasteiger partial charge in [0.2, 0.25) is 0 Å². The Morgan fingerprint density at radius 1 is 1.09 bits per heavy atom. The second kappa shape index (κ2) is 3.10. The van der Waals surface area contributed by atoms with E-state index in [1.54, 1.807) is 0 Å². The molecule has 0 aromatic heterocycles. The molecule has 11 heavy (non-hydrogen) atoms. The van der Waals surface area contributed by atoms with Gasteiger partial charge in [0.15, 0.2) is 0 Å². The van der Waals surface area contributed by atoms with Gasteiger partial charge in [0.05, 0.1) is 6.10 Å². The molecule has 1 rings (SSSR count). The molecule has 0 amide bonds. The van der Waals surface area contributed by atoms with Gasteiger partial charge in [0.1, 0.15) is 12.3 Å². The zero-order valence-corrected chi connectivity index (χ0v) is 7.67. The van der Waals surface area contributed by atoms with Crippen LogP contribution in [-0.2, 0) is 4.74 Å². The van der Waals surface area contributed by atoms with Gasteiger partial charge in [-0.2, -0.15) is 0 Å². The monoisotopic (exact) mass is 160 g/mol. The Morgan fingerprint density at radius 2 is 1.64 bits per heavy atom. The average Bonchev–Trinajstić information content (AvgIpc) is 2.63. The van der Waals surface area contributed by atoms with E-state index in [0.29, 0.717) is 5.92 Å². The maximum absolute atomic E-state index is 13.2. The van der Waals surface area contributed by atoms with E-state index in [9.17, 15) is 4.39 Å². The Kier molecular flexibility index (Phi) is 2.53. The summed E-state index contributed by atoms with van der Waals surface area (Å²) in [4.78, 5) is 0. The van der Waals surface area contributed by atoms with Gasteiger partial charge >= 0.3 is 0 Å². The normalized spacial score (nSPS) is 33.0. The Morgan fingerprint density at radius 3 is 1.91 bits per heavy atom. The van der Waals surface area contributed by atoms with E-state index in [2.05, 4.69) is 13.8 Å². The lowest BCUT2D eigenvalue weighted by Gasteiger charge is -2.08. The lowest BCUT2D eigenvalue weighted by Crippen LogP contribution is -2.19. The van der Waals surface area contributed by atoms with Crippen molar-refractivity contribution in [2.45, 2.75) is 46.1 Å². The van der Waals surface area contributed by atoms with Crippen LogP contribution in [0.25, 0.3) is 0 Å². The van der Waals surface area contributed by atoms with E-state index in [-0.39, 0.29) is 18.1 Å². The van der Waals surface area contributed by atoms with Crippen molar-refractivity contribution in [1.29, 1.82) is 0 Å². The third kappa shape index (κ3) is 1.92. The number of alkyl halides is 1. The van der Waals surface area contributed by atoms with Gasteiger partial charge in [0, 0.05) is 0 Å². The van der Waals surface area contributed by atoms with Crippen molar-refractivity contribution in [2.75, 3.05) is 0 Å². The van der Waals surface area contributed by atoms with E-state index in [1.807, 2.05) is 13.8 Å². The first kappa shape index (κ1) is 8.98. The molecule has 1 nitrogen and oxygen atoms in total. The number of ether oxygens (including phenoxy) is 1. The van der Waals surface area contributed by atoms with Gasteiger partial charge in [-0.1, -0.05) is 27.7 Å². The first-order chi connectivity index (χ1) is 5.04. The highest BCUT2D eigenvalue weighted by molar-refractivity contribution is 4.93. The van der Waals surface area contributed by atoms with Gasteiger partial charge < -0.3 is 4.74 Å². The SMILES string of the molecule is CC(C)[C@@H](F)[C@H]1O[C@H]1C(C)C. The minimum Gasteiger partial charge on any atom is -0.366 e. The Labute approximate surface area is 67.9 Å². The second-order valence-electron chi connectivity index (χ2n) is 4.00. The smallest absolute Gasteiger partial charge is 0.131 e. The van der Waals surface area contributed by atoms with Crippen LogP contribution in [0.3, 0.4) is 0 Å². The maximum atomic E-state index is 13.2. The van der Waals surface area contributed by atoms with Crippen LogP contribution in [0.15, 0.2) is 0 Å². The molecule has 0 aromatic rings. The fourth-order valence-electron chi connectivity index (χ4n) is 1.31. The van der Waals surface area contributed by atoms with Crippen molar-refractivity contribution in [3.8, 4) is 0 Å². The van der Waals surface area contributed by atoms with Crippen molar-refractivity contribution in [1.82, 2.24) is 0 Å². The van der Waals surface area contributed by atoms with Crippen molar-refractivity contribution in [3.05, 3.63) is 0 Å². The molecule has 66 valence electrons. The first-order valence-corrected chi connectivity index (χ1v) is 4.33. The van der Waals surface area contributed by atoms with Crippen LogP contribution in [0.1, 0.15) is 27.7 Å². The second-order valence-corrected chi connectivity index (χ2v) is 4.00.